The van der Waals surface area contributed by atoms with Crippen LogP contribution in [0.15, 0.2) is 79.0 Å². The number of piperazine rings is 1. The Labute approximate surface area is 235 Å². The predicted octanol–water partition coefficient (Wildman–Crippen LogP) is 4.43. The standard InChI is InChI=1S/C31H36N8O/c1-37(2)16-6-11-28(40)35-27-10-5-8-25(29(27)32)26-9-4-7-22-21-33-31(36-30(22)26)34-23-12-14-24(15-13-23)39-19-17-38(3)18-20-39/h4-15,21H,16-20,32H2,1-3H3,(H,35,40)(H,33,34,36)/b11-6+. The number of nitrogens with one attached hydrogen (secondary N) is 2. The van der Waals surface area contributed by atoms with E-state index in [0.29, 0.717) is 23.9 Å². The molecule has 3 aromatic carbocycles. The van der Waals surface area contributed by atoms with Gasteiger partial charge < -0.3 is 31.1 Å². The second kappa shape index (κ2) is 12.1. The van der Waals surface area contributed by atoms with E-state index >= 15 is 0 Å². The third kappa shape index (κ3) is 6.39. The highest BCUT2D eigenvalue weighted by Gasteiger charge is 2.15. The minimum Gasteiger partial charge on any atom is -0.397 e. The van der Waals surface area contributed by atoms with Crippen LogP contribution in [0.4, 0.5) is 28.7 Å². The Morgan fingerprint density at radius 3 is 2.48 bits per heavy atom. The summed E-state index contributed by atoms with van der Waals surface area (Å²) in [6, 6.07) is 19.9. The Bertz CT molecular complexity index is 1510. The summed E-state index contributed by atoms with van der Waals surface area (Å²) >= 11 is 0. The monoisotopic (exact) mass is 536 g/mol. The molecular weight excluding hydrogens is 500 g/mol. The molecule has 4 N–H and O–H groups in total. The number of benzene rings is 3. The van der Waals surface area contributed by atoms with Crippen molar-refractivity contribution >= 4 is 45.5 Å². The Morgan fingerprint density at radius 1 is 1.00 bits per heavy atom. The van der Waals surface area contributed by atoms with Crippen LogP contribution in [0.3, 0.4) is 0 Å². The quantitative estimate of drug-likeness (QED) is 0.225. The molecule has 0 spiro atoms. The topological polar surface area (TPSA) is 103 Å². The predicted molar refractivity (Wildman–Crippen MR) is 165 cm³/mol. The molecule has 9 nitrogen and oxygen atoms in total. The number of carbonyl (C=O) groups excluding carboxylic acids is 1. The number of likely N-dealkylation sites (N-methyl/N-ethyl adjacent to an activating group) is 2. The van der Waals surface area contributed by atoms with Crippen LogP contribution >= 0.6 is 0 Å². The number of rotatable bonds is 8. The summed E-state index contributed by atoms with van der Waals surface area (Å²) in [6.45, 7) is 4.87. The van der Waals surface area contributed by atoms with Crippen molar-refractivity contribution in [1.29, 1.82) is 0 Å². The first kappa shape index (κ1) is 27.1. The lowest BCUT2D eigenvalue weighted by atomic mass is 10.00. The number of anilines is 5. The molecular formula is C31H36N8O. The molecule has 1 saturated heterocycles. The lowest BCUT2D eigenvalue weighted by molar-refractivity contribution is -0.111. The Kier molecular flexibility index (Phi) is 8.23. The molecule has 1 aliphatic heterocycles. The SMILES string of the molecule is CN(C)C/C=C/C(=O)Nc1cccc(-c2cccc3cnc(Nc4ccc(N5CCN(C)CC5)cc4)nc23)c1N. The number of fused-ring (bicyclic) bond motifs is 1. The third-order valence-electron chi connectivity index (χ3n) is 7.00. The normalized spacial score (nSPS) is 14.2. The van der Waals surface area contributed by atoms with Crippen LogP contribution in [-0.4, -0.2) is 79.5 Å². The van der Waals surface area contributed by atoms with Crippen LogP contribution in [0, 0.1) is 0 Å². The van der Waals surface area contributed by atoms with E-state index in [1.165, 1.54) is 11.8 Å². The van der Waals surface area contributed by atoms with Crippen molar-refractivity contribution in [2.45, 2.75) is 0 Å². The second-order valence-corrected chi connectivity index (χ2v) is 10.3. The second-order valence-electron chi connectivity index (χ2n) is 10.3. The van der Waals surface area contributed by atoms with E-state index in [0.717, 1.165) is 53.9 Å². The smallest absolute Gasteiger partial charge is 0.248 e. The third-order valence-corrected chi connectivity index (χ3v) is 7.00. The molecule has 9 heteroatoms. The molecule has 0 bridgehead atoms. The molecule has 1 aliphatic rings. The summed E-state index contributed by atoms with van der Waals surface area (Å²) in [6.07, 6.45) is 5.14. The molecule has 1 aromatic heterocycles. The van der Waals surface area contributed by atoms with Gasteiger partial charge in [-0.15, -0.1) is 0 Å². The summed E-state index contributed by atoms with van der Waals surface area (Å²) < 4.78 is 0. The molecule has 0 atom stereocenters. The molecule has 206 valence electrons. The van der Waals surface area contributed by atoms with Gasteiger partial charge in [-0.1, -0.05) is 36.4 Å². The maximum absolute atomic E-state index is 12.4. The van der Waals surface area contributed by atoms with E-state index in [1.807, 2.05) is 61.6 Å². The molecule has 0 radical (unpaired) electrons. The molecule has 0 saturated carbocycles. The molecule has 0 unspecified atom stereocenters. The van der Waals surface area contributed by atoms with Crippen molar-refractivity contribution in [3.05, 3.63) is 79.0 Å². The molecule has 1 fully saturated rings. The summed E-state index contributed by atoms with van der Waals surface area (Å²) in [5, 5.41) is 7.14. The molecule has 4 aromatic rings. The van der Waals surface area contributed by atoms with Gasteiger partial charge in [-0.2, -0.15) is 0 Å². The lowest BCUT2D eigenvalue weighted by Crippen LogP contribution is -2.44. The van der Waals surface area contributed by atoms with Crippen LogP contribution in [0.25, 0.3) is 22.0 Å². The van der Waals surface area contributed by atoms with Gasteiger partial charge in [0, 0.05) is 72.9 Å². The maximum Gasteiger partial charge on any atom is 0.248 e. The van der Waals surface area contributed by atoms with Crippen LogP contribution < -0.4 is 21.3 Å². The number of nitrogens with two attached hydrogens (primary N) is 1. The number of amides is 1. The maximum atomic E-state index is 12.4. The van der Waals surface area contributed by atoms with E-state index in [9.17, 15) is 4.79 Å². The van der Waals surface area contributed by atoms with Gasteiger partial charge >= 0.3 is 0 Å². The van der Waals surface area contributed by atoms with Crippen LogP contribution in [-0.2, 0) is 4.79 Å². The number of para-hydroxylation sites is 2. The molecule has 0 aliphatic carbocycles. The highest BCUT2D eigenvalue weighted by Crippen LogP contribution is 2.35. The molecule has 40 heavy (non-hydrogen) atoms. The number of hydrogen-bond acceptors (Lipinski definition) is 8. The summed E-state index contributed by atoms with van der Waals surface area (Å²) in [7, 11) is 6.06. The van der Waals surface area contributed by atoms with Crippen molar-refractivity contribution in [3.8, 4) is 11.1 Å². The minimum atomic E-state index is -0.226. The Hall–Kier alpha value is -4.47. The van der Waals surface area contributed by atoms with Crippen molar-refractivity contribution in [2.75, 3.05) is 75.1 Å². The minimum absolute atomic E-state index is 0.226. The van der Waals surface area contributed by atoms with Crippen molar-refractivity contribution in [2.24, 2.45) is 0 Å². The molecule has 2 heterocycles. The Balaban J connectivity index is 1.37. The highest BCUT2D eigenvalue weighted by molar-refractivity contribution is 6.05. The summed E-state index contributed by atoms with van der Waals surface area (Å²) in [5.74, 6) is 0.275. The number of nitrogen functional groups attached to an aromatic ring is 1. The van der Waals surface area contributed by atoms with Gasteiger partial charge in [0.05, 0.1) is 16.9 Å². The van der Waals surface area contributed by atoms with Gasteiger partial charge in [0.25, 0.3) is 0 Å². The largest absolute Gasteiger partial charge is 0.397 e. The highest BCUT2D eigenvalue weighted by atomic mass is 16.1. The number of aromatic nitrogens is 2. The fraction of sp³-hybridized carbons (Fsp3) is 0.258. The fourth-order valence-corrected chi connectivity index (χ4v) is 4.74. The van der Waals surface area contributed by atoms with E-state index in [-0.39, 0.29) is 5.91 Å². The van der Waals surface area contributed by atoms with E-state index < -0.39 is 0 Å². The number of nitrogens with zero attached hydrogens (tertiary/aromatic N) is 5. The number of hydrogen-bond donors (Lipinski definition) is 3. The first-order chi connectivity index (χ1) is 19.4. The van der Waals surface area contributed by atoms with Gasteiger partial charge in [0.2, 0.25) is 11.9 Å². The van der Waals surface area contributed by atoms with Crippen molar-refractivity contribution in [3.63, 3.8) is 0 Å². The van der Waals surface area contributed by atoms with Crippen molar-refractivity contribution in [1.82, 2.24) is 19.8 Å². The average Bonchev–Trinajstić information content (AvgIpc) is 2.95. The van der Waals surface area contributed by atoms with E-state index in [4.69, 9.17) is 10.7 Å². The zero-order valence-corrected chi connectivity index (χ0v) is 23.3. The van der Waals surface area contributed by atoms with E-state index in [1.54, 1.807) is 6.07 Å². The van der Waals surface area contributed by atoms with Crippen LogP contribution in [0.5, 0.6) is 0 Å². The summed E-state index contributed by atoms with van der Waals surface area (Å²) in [4.78, 5) is 28.6. The van der Waals surface area contributed by atoms with Gasteiger partial charge in [-0.05, 0) is 51.5 Å². The van der Waals surface area contributed by atoms with Gasteiger partial charge in [0.15, 0.2) is 0 Å². The zero-order valence-electron chi connectivity index (χ0n) is 23.3. The van der Waals surface area contributed by atoms with Crippen LogP contribution in [0.2, 0.25) is 0 Å². The van der Waals surface area contributed by atoms with Crippen molar-refractivity contribution < 1.29 is 4.79 Å². The Morgan fingerprint density at radius 2 is 1.73 bits per heavy atom. The average molecular weight is 537 g/mol. The molecule has 1 amide bonds. The van der Waals surface area contributed by atoms with Crippen LogP contribution in [0.1, 0.15) is 0 Å². The zero-order chi connectivity index (χ0) is 28.1. The van der Waals surface area contributed by atoms with Gasteiger partial charge in [0.1, 0.15) is 0 Å². The number of carbonyl (C=O) groups is 1. The first-order valence-corrected chi connectivity index (χ1v) is 13.4. The van der Waals surface area contributed by atoms with Gasteiger partial charge in [-0.3, -0.25) is 4.79 Å². The fourth-order valence-electron chi connectivity index (χ4n) is 4.74. The molecule has 5 rings (SSSR count). The first-order valence-electron chi connectivity index (χ1n) is 13.4. The van der Waals surface area contributed by atoms with Gasteiger partial charge in [-0.25, -0.2) is 9.97 Å². The van der Waals surface area contributed by atoms with E-state index in [2.05, 4.69) is 56.7 Å². The summed E-state index contributed by atoms with van der Waals surface area (Å²) in [5.41, 5.74) is 12.2. The lowest BCUT2D eigenvalue weighted by Gasteiger charge is -2.34.